The van der Waals surface area contributed by atoms with Crippen molar-refractivity contribution in [1.82, 2.24) is 0 Å². The number of nitrogens with one attached hydrogen (secondary N) is 1. The summed E-state index contributed by atoms with van der Waals surface area (Å²) in [5, 5.41) is 3.48. The SMILES string of the molecule is COc1cc(OC)c([C@@H]2Nc3ccccc3C(=O)N2c2ccccc2OC)c(OC)c1. The van der Waals surface area contributed by atoms with Gasteiger partial charge in [0.2, 0.25) is 0 Å². The third-order valence-corrected chi connectivity index (χ3v) is 5.30. The number of methoxy groups -OCH3 is 4. The molecule has 4 rings (SSSR count). The van der Waals surface area contributed by atoms with Gasteiger partial charge in [-0.15, -0.1) is 0 Å². The Hall–Kier alpha value is -3.87. The van der Waals surface area contributed by atoms with Crippen LogP contribution in [0.25, 0.3) is 0 Å². The van der Waals surface area contributed by atoms with Gasteiger partial charge >= 0.3 is 0 Å². The number of rotatable bonds is 6. The van der Waals surface area contributed by atoms with E-state index in [0.29, 0.717) is 39.8 Å². The first-order valence-corrected chi connectivity index (χ1v) is 9.75. The predicted molar refractivity (Wildman–Crippen MR) is 119 cm³/mol. The van der Waals surface area contributed by atoms with Gasteiger partial charge in [-0.25, -0.2) is 0 Å². The van der Waals surface area contributed by atoms with Crippen molar-refractivity contribution >= 4 is 17.3 Å². The molecule has 0 aromatic heterocycles. The van der Waals surface area contributed by atoms with E-state index >= 15 is 0 Å². The topological polar surface area (TPSA) is 69.3 Å². The number of nitrogens with zero attached hydrogens (tertiary/aromatic N) is 1. The Bertz CT molecular complexity index is 1090. The number of ether oxygens (including phenoxy) is 4. The molecule has 1 atom stereocenters. The Morgan fingerprint density at radius 3 is 2.03 bits per heavy atom. The number of amides is 1. The van der Waals surface area contributed by atoms with Gasteiger partial charge in [0.1, 0.15) is 29.2 Å². The number of fused-ring (bicyclic) bond motifs is 1. The minimum Gasteiger partial charge on any atom is -0.496 e. The number of para-hydroxylation sites is 3. The van der Waals surface area contributed by atoms with Crippen LogP contribution in [0.2, 0.25) is 0 Å². The quantitative estimate of drug-likeness (QED) is 0.634. The first kappa shape index (κ1) is 20.4. The highest BCUT2D eigenvalue weighted by molar-refractivity contribution is 6.12. The van der Waals surface area contributed by atoms with Crippen molar-refractivity contribution in [3.63, 3.8) is 0 Å². The van der Waals surface area contributed by atoms with Crippen molar-refractivity contribution in [3.05, 3.63) is 71.8 Å². The molecule has 0 spiro atoms. The summed E-state index contributed by atoms with van der Waals surface area (Å²) in [4.78, 5) is 15.4. The smallest absolute Gasteiger partial charge is 0.262 e. The summed E-state index contributed by atoms with van der Waals surface area (Å²) in [7, 11) is 6.30. The molecule has 31 heavy (non-hydrogen) atoms. The van der Waals surface area contributed by atoms with Crippen LogP contribution in [0.1, 0.15) is 22.1 Å². The minimum absolute atomic E-state index is 0.163. The second-order valence-electron chi connectivity index (χ2n) is 6.89. The van der Waals surface area contributed by atoms with Crippen LogP contribution < -0.4 is 29.2 Å². The summed E-state index contributed by atoms with van der Waals surface area (Å²) in [5.74, 6) is 2.06. The van der Waals surface area contributed by atoms with Crippen LogP contribution in [0.4, 0.5) is 11.4 Å². The van der Waals surface area contributed by atoms with Crippen molar-refractivity contribution in [2.45, 2.75) is 6.17 Å². The number of benzene rings is 3. The lowest BCUT2D eigenvalue weighted by Gasteiger charge is -2.39. The molecule has 1 aliphatic rings. The van der Waals surface area contributed by atoms with Gasteiger partial charge in [0.15, 0.2) is 0 Å². The van der Waals surface area contributed by atoms with Gasteiger partial charge in [-0.3, -0.25) is 9.69 Å². The highest BCUT2D eigenvalue weighted by atomic mass is 16.5. The average molecular weight is 420 g/mol. The molecule has 1 N–H and O–H groups in total. The Morgan fingerprint density at radius 2 is 1.39 bits per heavy atom. The highest BCUT2D eigenvalue weighted by Gasteiger charge is 2.38. The molecular formula is C24H24N2O5. The van der Waals surface area contributed by atoms with E-state index in [4.69, 9.17) is 18.9 Å². The van der Waals surface area contributed by atoms with Gasteiger partial charge in [-0.05, 0) is 24.3 Å². The van der Waals surface area contributed by atoms with Crippen LogP contribution in [0.15, 0.2) is 60.7 Å². The largest absolute Gasteiger partial charge is 0.496 e. The van der Waals surface area contributed by atoms with Gasteiger partial charge < -0.3 is 24.3 Å². The standard InChI is InChI=1S/C24H24N2O5/c1-28-15-13-20(30-3)22(21(14-15)31-4)23-25-17-10-6-5-9-16(17)24(27)26(23)18-11-7-8-12-19(18)29-2/h5-14,23,25H,1-4H3/t23-/m1/s1. The molecule has 7 heteroatoms. The fourth-order valence-electron chi connectivity index (χ4n) is 3.84. The monoisotopic (exact) mass is 420 g/mol. The van der Waals surface area contributed by atoms with E-state index in [9.17, 15) is 4.79 Å². The van der Waals surface area contributed by atoms with E-state index in [1.165, 1.54) is 0 Å². The van der Waals surface area contributed by atoms with Gasteiger partial charge in [-0.1, -0.05) is 24.3 Å². The number of carbonyl (C=O) groups is 1. The van der Waals surface area contributed by atoms with Crippen LogP contribution in [0, 0.1) is 0 Å². The molecular weight excluding hydrogens is 396 g/mol. The molecule has 0 bridgehead atoms. The first-order valence-electron chi connectivity index (χ1n) is 9.75. The third kappa shape index (κ3) is 3.48. The first-order chi connectivity index (χ1) is 15.1. The molecule has 1 aliphatic heterocycles. The number of hydrogen-bond donors (Lipinski definition) is 1. The van der Waals surface area contributed by atoms with E-state index in [0.717, 1.165) is 5.69 Å². The molecule has 3 aromatic rings. The van der Waals surface area contributed by atoms with Crippen molar-refractivity contribution in [1.29, 1.82) is 0 Å². The maximum atomic E-state index is 13.7. The molecule has 1 amide bonds. The number of anilines is 2. The van der Waals surface area contributed by atoms with Gasteiger partial charge in [0.25, 0.3) is 5.91 Å². The molecule has 160 valence electrons. The lowest BCUT2D eigenvalue weighted by molar-refractivity contribution is 0.0973. The Balaban J connectivity index is 1.98. The van der Waals surface area contributed by atoms with Gasteiger partial charge in [-0.2, -0.15) is 0 Å². The molecule has 0 aliphatic carbocycles. The zero-order valence-electron chi connectivity index (χ0n) is 17.8. The fraction of sp³-hybridized carbons (Fsp3) is 0.208. The van der Waals surface area contributed by atoms with Crippen LogP contribution in [0.3, 0.4) is 0 Å². The van der Waals surface area contributed by atoms with E-state index in [1.807, 2.05) is 42.5 Å². The van der Waals surface area contributed by atoms with Crippen molar-refractivity contribution in [2.75, 3.05) is 38.7 Å². The maximum Gasteiger partial charge on any atom is 0.262 e. The molecule has 1 heterocycles. The molecule has 0 radical (unpaired) electrons. The lowest BCUT2D eigenvalue weighted by atomic mass is 10.0. The lowest BCUT2D eigenvalue weighted by Crippen LogP contribution is -2.43. The number of carbonyl (C=O) groups excluding carboxylic acids is 1. The zero-order chi connectivity index (χ0) is 22.0. The summed E-state index contributed by atoms with van der Waals surface area (Å²) in [6, 6.07) is 18.3. The van der Waals surface area contributed by atoms with Crippen molar-refractivity contribution in [2.24, 2.45) is 0 Å². The maximum absolute atomic E-state index is 13.7. The van der Waals surface area contributed by atoms with Crippen LogP contribution >= 0.6 is 0 Å². The molecule has 0 unspecified atom stereocenters. The molecule has 0 saturated carbocycles. The molecule has 3 aromatic carbocycles. The Morgan fingerprint density at radius 1 is 0.774 bits per heavy atom. The van der Waals surface area contributed by atoms with E-state index in [1.54, 1.807) is 51.5 Å². The summed E-state index contributed by atoms with van der Waals surface area (Å²) in [6.07, 6.45) is -0.616. The van der Waals surface area contributed by atoms with Crippen LogP contribution in [-0.2, 0) is 0 Å². The Kier molecular flexibility index (Phi) is 5.58. The normalized spacial score (nSPS) is 15.0. The van der Waals surface area contributed by atoms with Gasteiger partial charge in [0, 0.05) is 17.8 Å². The molecule has 7 nitrogen and oxygen atoms in total. The second kappa shape index (κ2) is 8.47. The van der Waals surface area contributed by atoms with E-state index in [2.05, 4.69) is 5.32 Å². The number of hydrogen-bond acceptors (Lipinski definition) is 6. The van der Waals surface area contributed by atoms with Crippen LogP contribution in [-0.4, -0.2) is 34.3 Å². The molecule has 0 fully saturated rings. The van der Waals surface area contributed by atoms with E-state index in [-0.39, 0.29) is 5.91 Å². The van der Waals surface area contributed by atoms with Crippen LogP contribution in [0.5, 0.6) is 23.0 Å². The summed E-state index contributed by atoms with van der Waals surface area (Å²) in [5.41, 5.74) is 2.58. The minimum atomic E-state index is -0.616. The average Bonchev–Trinajstić information content (AvgIpc) is 2.83. The second-order valence-corrected chi connectivity index (χ2v) is 6.89. The van der Waals surface area contributed by atoms with E-state index < -0.39 is 6.17 Å². The van der Waals surface area contributed by atoms with Gasteiger partial charge in [0.05, 0.1) is 45.3 Å². The fourth-order valence-corrected chi connectivity index (χ4v) is 3.84. The summed E-state index contributed by atoms with van der Waals surface area (Å²) < 4.78 is 22.3. The highest BCUT2D eigenvalue weighted by Crippen LogP contribution is 2.46. The summed E-state index contributed by atoms with van der Waals surface area (Å²) in [6.45, 7) is 0. The summed E-state index contributed by atoms with van der Waals surface area (Å²) >= 11 is 0. The zero-order valence-corrected chi connectivity index (χ0v) is 17.8. The third-order valence-electron chi connectivity index (χ3n) is 5.30. The predicted octanol–water partition coefficient (Wildman–Crippen LogP) is 4.49. The van der Waals surface area contributed by atoms with Crippen molar-refractivity contribution in [3.8, 4) is 23.0 Å². The molecule has 0 saturated heterocycles. The van der Waals surface area contributed by atoms with Crippen molar-refractivity contribution < 1.29 is 23.7 Å². The Labute approximate surface area is 181 Å².